The van der Waals surface area contributed by atoms with E-state index >= 15 is 0 Å². The van der Waals surface area contributed by atoms with Crippen LogP contribution in [0.5, 0.6) is 5.75 Å². The number of sulfonamides is 1. The second-order valence-corrected chi connectivity index (χ2v) is 10.2. The smallest absolute Gasteiger partial charge is 0.252 e. The van der Waals surface area contributed by atoms with Crippen LogP contribution in [-0.4, -0.2) is 52.0 Å². The number of aliphatic imine (C=N–C) groups is 1. The molecule has 1 aliphatic heterocycles. The highest BCUT2D eigenvalue weighted by molar-refractivity contribution is 7.91. The minimum atomic E-state index is -3.40. The predicted molar refractivity (Wildman–Crippen MR) is 113 cm³/mol. The highest BCUT2D eigenvalue weighted by Crippen LogP contribution is 2.27. The van der Waals surface area contributed by atoms with E-state index in [9.17, 15) is 8.42 Å². The van der Waals surface area contributed by atoms with Crippen molar-refractivity contribution >= 4 is 27.3 Å². The first-order chi connectivity index (χ1) is 13.4. The van der Waals surface area contributed by atoms with E-state index in [0.717, 1.165) is 23.6 Å². The minimum Gasteiger partial charge on any atom is -0.488 e. The van der Waals surface area contributed by atoms with Crippen LogP contribution < -0.4 is 15.4 Å². The first-order valence-corrected chi connectivity index (χ1v) is 11.4. The average molecular weight is 423 g/mol. The number of ether oxygens (including phenoxy) is 1. The van der Waals surface area contributed by atoms with Crippen molar-refractivity contribution in [1.29, 1.82) is 0 Å². The van der Waals surface area contributed by atoms with Crippen molar-refractivity contribution in [3.63, 3.8) is 0 Å². The Kier molecular flexibility index (Phi) is 6.58. The van der Waals surface area contributed by atoms with Crippen molar-refractivity contribution in [3.05, 3.63) is 46.8 Å². The van der Waals surface area contributed by atoms with E-state index < -0.39 is 10.0 Å². The van der Waals surface area contributed by atoms with E-state index in [1.807, 2.05) is 31.2 Å². The highest BCUT2D eigenvalue weighted by Gasteiger charge is 2.22. The molecular formula is C19H26N4O3S2. The fourth-order valence-electron chi connectivity index (χ4n) is 2.84. The molecule has 3 rings (SSSR count). The Balaban J connectivity index is 1.59. The third kappa shape index (κ3) is 4.84. The first kappa shape index (κ1) is 20.6. The molecule has 0 radical (unpaired) electrons. The van der Waals surface area contributed by atoms with Crippen LogP contribution in [0.2, 0.25) is 0 Å². The number of fused-ring (bicyclic) bond motifs is 1. The third-order valence-corrected chi connectivity index (χ3v) is 7.67. The lowest BCUT2D eigenvalue weighted by Crippen LogP contribution is -2.42. The largest absolute Gasteiger partial charge is 0.488 e. The van der Waals surface area contributed by atoms with Gasteiger partial charge in [0.25, 0.3) is 10.0 Å². The van der Waals surface area contributed by atoms with Crippen LogP contribution in [0.1, 0.15) is 17.4 Å². The molecule has 152 valence electrons. The summed E-state index contributed by atoms with van der Waals surface area (Å²) in [4.78, 5) is 5.47. The molecule has 0 saturated heterocycles. The molecule has 1 aliphatic rings. The number of benzene rings is 1. The Hall–Kier alpha value is -2.10. The van der Waals surface area contributed by atoms with Crippen LogP contribution >= 0.6 is 11.3 Å². The van der Waals surface area contributed by atoms with E-state index in [1.54, 1.807) is 6.07 Å². The summed E-state index contributed by atoms with van der Waals surface area (Å²) in [6, 6.07) is 11.5. The summed E-state index contributed by atoms with van der Waals surface area (Å²) in [5.74, 6) is 1.64. The Labute approximate surface area is 170 Å². The molecule has 1 atom stereocenters. The third-order valence-electron chi connectivity index (χ3n) is 4.32. The zero-order valence-electron chi connectivity index (χ0n) is 16.3. The van der Waals surface area contributed by atoms with E-state index in [-0.39, 0.29) is 6.10 Å². The van der Waals surface area contributed by atoms with Crippen LogP contribution in [0.15, 0.2) is 45.6 Å². The van der Waals surface area contributed by atoms with Gasteiger partial charge in [0.15, 0.2) is 5.96 Å². The van der Waals surface area contributed by atoms with Crippen LogP contribution in [-0.2, 0) is 23.0 Å². The van der Waals surface area contributed by atoms with Gasteiger partial charge in [-0.25, -0.2) is 17.7 Å². The molecule has 0 amide bonds. The molecular weight excluding hydrogens is 396 g/mol. The number of hydrogen-bond acceptors (Lipinski definition) is 5. The molecule has 1 aromatic carbocycles. The van der Waals surface area contributed by atoms with Gasteiger partial charge in [-0.05, 0) is 30.7 Å². The molecule has 0 spiro atoms. The Bertz CT molecular complexity index is 913. The number of para-hydroxylation sites is 1. The zero-order chi connectivity index (χ0) is 20.1. The summed E-state index contributed by atoms with van der Waals surface area (Å²) < 4.78 is 31.9. The topological polar surface area (TPSA) is 83.0 Å². The molecule has 2 heterocycles. The van der Waals surface area contributed by atoms with E-state index in [2.05, 4.69) is 21.7 Å². The number of nitrogens with zero attached hydrogens (tertiary/aromatic N) is 2. The average Bonchev–Trinajstić information content (AvgIpc) is 3.30. The summed E-state index contributed by atoms with van der Waals surface area (Å²) in [6.07, 6.45) is 0.944. The van der Waals surface area contributed by atoms with Gasteiger partial charge in [0.2, 0.25) is 0 Å². The van der Waals surface area contributed by atoms with Crippen molar-refractivity contribution < 1.29 is 13.2 Å². The van der Waals surface area contributed by atoms with E-state index in [4.69, 9.17) is 4.74 Å². The maximum absolute atomic E-state index is 12.2. The van der Waals surface area contributed by atoms with Crippen molar-refractivity contribution in [2.45, 2.75) is 30.2 Å². The van der Waals surface area contributed by atoms with Crippen LogP contribution in [0.3, 0.4) is 0 Å². The van der Waals surface area contributed by atoms with Crippen molar-refractivity contribution in [2.75, 3.05) is 27.2 Å². The number of rotatable bonds is 7. The lowest BCUT2D eigenvalue weighted by molar-refractivity contribution is 0.235. The normalized spacial score (nSPS) is 16.7. The van der Waals surface area contributed by atoms with Crippen molar-refractivity contribution in [3.8, 4) is 5.75 Å². The molecule has 9 heteroatoms. The summed E-state index contributed by atoms with van der Waals surface area (Å²) in [7, 11) is -0.334. The summed E-state index contributed by atoms with van der Waals surface area (Å²) in [5.41, 5.74) is 1.23. The van der Waals surface area contributed by atoms with Gasteiger partial charge in [0.1, 0.15) is 16.1 Å². The molecule has 1 unspecified atom stereocenters. The molecule has 7 nitrogen and oxygen atoms in total. The van der Waals surface area contributed by atoms with Crippen LogP contribution in [0, 0.1) is 0 Å². The second-order valence-electron chi connectivity index (χ2n) is 6.64. The fourth-order valence-corrected chi connectivity index (χ4v) is 5.29. The second kappa shape index (κ2) is 8.93. The van der Waals surface area contributed by atoms with Gasteiger partial charge in [0, 0.05) is 31.9 Å². The molecule has 0 fully saturated rings. The number of thiophene rings is 1. The molecule has 0 bridgehead atoms. The van der Waals surface area contributed by atoms with Crippen LogP contribution in [0.4, 0.5) is 0 Å². The SMILES string of the molecule is CCNC(=NCc1ccc(S(=O)(=O)N(C)C)s1)NCC1Cc2ccccc2O1. The molecule has 28 heavy (non-hydrogen) atoms. The molecule has 2 N–H and O–H groups in total. The minimum absolute atomic E-state index is 0.0693. The molecule has 2 aromatic rings. The van der Waals surface area contributed by atoms with E-state index in [1.165, 1.54) is 35.3 Å². The van der Waals surface area contributed by atoms with Gasteiger partial charge < -0.3 is 15.4 Å². The maximum atomic E-state index is 12.2. The van der Waals surface area contributed by atoms with E-state index in [0.29, 0.717) is 23.3 Å². The van der Waals surface area contributed by atoms with Crippen molar-refractivity contribution in [2.24, 2.45) is 4.99 Å². The Morgan fingerprint density at radius 3 is 2.75 bits per heavy atom. The van der Waals surface area contributed by atoms with Gasteiger partial charge in [-0.1, -0.05) is 18.2 Å². The monoisotopic (exact) mass is 422 g/mol. The summed E-state index contributed by atoms with van der Waals surface area (Å²) in [6.45, 7) is 3.80. The molecule has 0 aliphatic carbocycles. The Morgan fingerprint density at radius 2 is 2.04 bits per heavy atom. The van der Waals surface area contributed by atoms with Gasteiger partial charge >= 0.3 is 0 Å². The number of nitrogens with one attached hydrogen (secondary N) is 2. The maximum Gasteiger partial charge on any atom is 0.252 e. The van der Waals surface area contributed by atoms with Gasteiger partial charge in [-0.3, -0.25) is 0 Å². The number of hydrogen-bond donors (Lipinski definition) is 2. The lowest BCUT2D eigenvalue weighted by Gasteiger charge is -2.15. The standard InChI is InChI=1S/C19H26N4O3S2/c1-4-20-19(21-12-15-11-14-7-5-6-8-17(14)26-15)22-13-16-9-10-18(27-16)28(24,25)23(2)3/h5-10,15H,4,11-13H2,1-3H3,(H2,20,21,22). The molecule has 1 aromatic heterocycles. The predicted octanol–water partition coefficient (Wildman–Crippen LogP) is 2.06. The van der Waals surface area contributed by atoms with Gasteiger partial charge in [0.05, 0.1) is 13.1 Å². The van der Waals surface area contributed by atoms with Gasteiger partial charge in [-0.2, -0.15) is 0 Å². The highest BCUT2D eigenvalue weighted by atomic mass is 32.2. The van der Waals surface area contributed by atoms with Crippen LogP contribution in [0.25, 0.3) is 0 Å². The summed E-state index contributed by atoms with van der Waals surface area (Å²) in [5, 5.41) is 6.53. The quantitative estimate of drug-likeness (QED) is 0.527. The zero-order valence-corrected chi connectivity index (χ0v) is 17.9. The Morgan fingerprint density at radius 1 is 1.25 bits per heavy atom. The molecule has 0 saturated carbocycles. The fraction of sp³-hybridized carbons (Fsp3) is 0.421. The number of guanidine groups is 1. The lowest BCUT2D eigenvalue weighted by atomic mass is 10.1. The van der Waals surface area contributed by atoms with Crippen molar-refractivity contribution in [1.82, 2.24) is 14.9 Å². The summed E-state index contributed by atoms with van der Waals surface area (Å²) >= 11 is 1.25. The van der Waals surface area contributed by atoms with Gasteiger partial charge in [-0.15, -0.1) is 11.3 Å². The first-order valence-electron chi connectivity index (χ1n) is 9.18.